The number of aryl methyl sites for hydroxylation is 1. The lowest BCUT2D eigenvalue weighted by atomic mass is 9.93. The Balaban J connectivity index is 2.15. The van der Waals surface area contributed by atoms with Crippen LogP contribution >= 0.6 is 0 Å². The number of nitrogens with zero attached hydrogens (tertiary/aromatic N) is 1. The van der Waals surface area contributed by atoms with E-state index in [1.54, 1.807) is 0 Å². The van der Waals surface area contributed by atoms with Crippen molar-refractivity contribution in [2.75, 3.05) is 24.6 Å². The van der Waals surface area contributed by atoms with Crippen molar-refractivity contribution < 1.29 is 4.84 Å². The minimum atomic E-state index is 0.569. The molecule has 1 aromatic carbocycles. The molecule has 1 aliphatic rings. The van der Waals surface area contributed by atoms with E-state index < -0.39 is 0 Å². The summed E-state index contributed by atoms with van der Waals surface area (Å²) in [4.78, 5) is 7.33. The Morgan fingerprint density at radius 1 is 1.32 bits per heavy atom. The van der Waals surface area contributed by atoms with Gasteiger partial charge in [0.05, 0.1) is 6.61 Å². The number of hydrogen-bond donors (Lipinski definition) is 1. The van der Waals surface area contributed by atoms with Gasteiger partial charge >= 0.3 is 0 Å². The van der Waals surface area contributed by atoms with E-state index in [2.05, 4.69) is 43.9 Å². The maximum Gasteiger partial charge on any atom is 0.0708 e. The van der Waals surface area contributed by atoms with E-state index in [1.807, 2.05) is 0 Å². The summed E-state index contributed by atoms with van der Waals surface area (Å²) in [6, 6.07) is 6.65. The molecule has 0 atom stereocenters. The molecule has 0 unspecified atom stereocenters. The minimum Gasteiger partial charge on any atom is -0.371 e. The molecular weight excluding hydrogens is 236 g/mol. The lowest BCUT2D eigenvalue weighted by Gasteiger charge is -2.36. The Bertz CT molecular complexity index is 409. The molecule has 0 bridgehead atoms. The van der Waals surface area contributed by atoms with Crippen LogP contribution in [-0.4, -0.2) is 19.7 Å². The van der Waals surface area contributed by atoms with Gasteiger partial charge in [-0.05, 0) is 42.7 Å². The normalized spacial score (nSPS) is 17.2. The van der Waals surface area contributed by atoms with Crippen molar-refractivity contribution in [2.24, 2.45) is 11.8 Å². The number of nitrogens with two attached hydrogens (primary N) is 1. The largest absolute Gasteiger partial charge is 0.371 e. The van der Waals surface area contributed by atoms with E-state index in [9.17, 15) is 0 Å². The van der Waals surface area contributed by atoms with Crippen molar-refractivity contribution in [1.82, 2.24) is 0 Å². The number of rotatable bonds is 4. The molecule has 0 saturated carbocycles. The molecule has 0 aliphatic carbocycles. The van der Waals surface area contributed by atoms with Crippen LogP contribution < -0.4 is 10.8 Å². The molecule has 1 aliphatic heterocycles. The van der Waals surface area contributed by atoms with Crippen molar-refractivity contribution in [3.63, 3.8) is 0 Å². The lowest BCUT2D eigenvalue weighted by Crippen LogP contribution is -2.36. The number of para-hydroxylation sites is 1. The maximum atomic E-state index is 5.18. The van der Waals surface area contributed by atoms with E-state index in [0.29, 0.717) is 18.4 Å². The fourth-order valence-electron chi connectivity index (χ4n) is 3.04. The molecule has 0 amide bonds. The van der Waals surface area contributed by atoms with Crippen LogP contribution in [0.5, 0.6) is 0 Å². The smallest absolute Gasteiger partial charge is 0.0708 e. The first-order chi connectivity index (χ1) is 9.13. The van der Waals surface area contributed by atoms with E-state index in [1.165, 1.54) is 29.7 Å². The van der Waals surface area contributed by atoms with Crippen LogP contribution in [0.1, 0.15) is 43.7 Å². The van der Waals surface area contributed by atoms with Crippen LogP contribution in [0.15, 0.2) is 18.2 Å². The van der Waals surface area contributed by atoms with E-state index >= 15 is 0 Å². The molecule has 3 nitrogen and oxygen atoms in total. The molecule has 19 heavy (non-hydrogen) atoms. The second-order valence-corrected chi connectivity index (χ2v) is 5.93. The van der Waals surface area contributed by atoms with E-state index in [0.717, 1.165) is 13.1 Å². The Kier molecular flexibility index (Phi) is 4.83. The summed E-state index contributed by atoms with van der Waals surface area (Å²) in [7, 11) is 0. The maximum absolute atomic E-state index is 5.18. The first kappa shape index (κ1) is 14.4. The SMILES string of the molecule is Cc1cccc(C(C)C)c1N1CCC(CON)CC1. The zero-order chi connectivity index (χ0) is 13.8. The summed E-state index contributed by atoms with van der Waals surface area (Å²) in [6.07, 6.45) is 2.34. The molecule has 1 saturated heterocycles. The predicted molar refractivity (Wildman–Crippen MR) is 80.3 cm³/mol. The number of benzene rings is 1. The molecule has 1 heterocycles. The van der Waals surface area contributed by atoms with Crippen LogP contribution in [0.3, 0.4) is 0 Å². The van der Waals surface area contributed by atoms with E-state index in [-0.39, 0.29) is 0 Å². The highest BCUT2D eigenvalue weighted by molar-refractivity contribution is 5.60. The van der Waals surface area contributed by atoms with Crippen molar-refractivity contribution in [3.05, 3.63) is 29.3 Å². The molecule has 1 fully saturated rings. The van der Waals surface area contributed by atoms with Gasteiger partial charge in [-0.15, -0.1) is 0 Å². The van der Waals surface area contributed by atoms with Crippen molar-refractivity contribution in [2.45, 2.75) is 39.5 Å². The van der Waals surface area contributed by atoms with Crippen LogP contribution in [0.4, 0.5) is 5.69 Å². The molecule has 3 heteroatoms. The molecule has 0 radical (unpaired) electrons. The molecule has 2 N–H and O–H groups in total. The molecule has 106 valence electrons. The standard InChI is InChI=1S/C16H26N2O/c1-12(2)15-6-4-5-13(3)16(15)18-9-7-14(8-10-18)11-19-17/h4-6,12,14H,7-11,17H2,1-3H3. The van der Waals surface area contributed by atoms with Crippen LogP contribution in [0, 0.1) is 12.8 Å². The third-order valence-corrected chi connectivity index (χ3v) is 4.15. The van der Waals surface area contributed by atoms with Gasteiger partial charge in [0.25, 0.3) is 0 Å². The van der Waals surface area contributed by atoms with Gasteiger partial charge < -0.3 is 9.74 Å². The monoisotopic (exact) mass is 262 g/mol. The molecule has 1 aromatic rings. The van der Waals surface area contributed by atoms with Gasteiger partial charge in [0.15, 0.2) is 0 Å². The molecule has 0 spiro atoms. The van der Waals surface area contributed by atoms with E-state index in [4.69, 9.17) is 10.7 Å². The average molecular weight is 262 g/mol. The van der Waals surface area contributed by atoms with Crippen LogP contribution in [-0.2, 0) is 4.84 Å². The molecule has 2 rings (SSSR count). The lowest BCUT2D eigenvalue weighted by molar-refractivity contribution is 0.0918. The van der Waals surface area contributed by atoms with Crippen molar-refractivity contribution >= 4 is 5.69 Å². The molecule has 0 aromatic heterocycles. The van der Waals surface area contributed by atoms with Gasteiger partial charge in [-0.3, -0.25) is 0 Å². The Morgan fingerprint density at radius 3 is 2.58 bits per heavy atom. The van der Waals surface area contributed by atoms with Gasteiger partial charge in [0.1, 0.15) is 0 Å². The van der Waals surface area contributed by atoms with Crippen LogP contribution in [0.25, 0.3) is 0 Å². The Morgan fingerprint density at radius 2 is 2.00 bits per heavy atom. The zero-order valence-electron chi connectivity index (χ0n) is 12.4. The van der Waals surface area contributed by atoms with Gasteiger partial charge in [0, 0.05) is 18.8 Å². The number of hydrogen-bond acceptors (Lipinski definition) is 3. The van der Waals surface area contributed by atoms with Gasteiger partial charge in [-0.1, -0.05) is 32.0 Å². The summed E-state index contributed by atoms with van der Waals surface area (Å²) in [5.74, 6) is 6.37. The quantitative estimate of drug-likeness (QED) is 0.847. The predicted octanol–water partition coefficient (Wildman–Crippen LogP) is 3.23. The highest BCUT2D eigenvalue weighted by atomic mass is 16.6. The summed E-state index contributed by atoms with van der Waals surface area (Å²) < 4.78 is 0. The summed E-state index contributed by atoms with van der Waals surface area (Å²) in [5.41, 5.74) is 4.30. The highest BCUT2D eigenvalue weighted by Crippen LogP contribution is 2.33. The van der Waals surface area contributed by atoms with Gasteiger partial charge in [-0.25, -0.2) is 5.90 Å². The second-order valence-electron chi connectivity index (χ2n) is 5.93. The average Bonchev–Trinajstić information content (AvgIpc) is 2.40. The van der Waals surface area contributed by atoms with Crippen LogP contribution in [0.2, 0.25) is 0 Å². The third kappa shape index (κ3) is 3.28. The summed E-state index contributed by atoms with van der Waals surface area (Å²) >= 11 is 0. The Labute approximate surface area is 116 Å². The number of anilines is 1. The van der Waals surface area contributed by atoms with Gasteiger partial charge in [0.2, 0.25) is 0 Å². The summed E-state index contributed by atoms with van der Waals surface area (Å²) in [5, 5.41) is 0. The fourth-order valence-corrected chi connectivity index (χ4v) is 3.04. The Hall–Kier alpha value is -1.06. The minimum absolute atomic E-state index is 0.569. The van der Waals surface area contributed by atoms with Gasteiger partial charge in [-0.2, -0.15) is 0 Å². The third-order valence-electron chi connectivity index (χ3n) is 4.15. The second kappa shape index (κ2) is 6.40. The van der Waals surface area contributed by atoms with Crippen molar-refractivity contribution in [3.8, 4) is 0 Å². The topological polar surface area (TPSA) is 38.5 Å². The first-order valence-corrected chi connectivity index (χ1v) is 7.29. The fraction of sp³-hybridized carbons (Fsp3) is 0.625. The number of piperidine rings is 1. The van der Waals surface area contributed by atoms with Crippen molar-refractivity contribution in [1.29, 1.82) is 0 Å². The highest BCUT2D eigenvalue weighted by Gasteiger charge is 2.22. The zero-order valence-corrected chi connectivity index (χ0v) is 12.4. The molecular formula is C16H26N2O. The first-order valence-electron chi connectivity index (χ1n) is 7.29. The summed E-state index contributed by atoms with van der Waals surface area (Å²) in [6.45, 7) is 9.67.